The highest BCUT2D eigenvalue weighted by atomic mass is 35.5. The van der Waals surface area contributed by atoms with E-state index in [9.17, 15) is 4.79 Å². The molecule has 25 heavy (non-hydrogen) atoms. The smallest absolute Gasteiger partial charge is 0.275 e. The molecule has 3 rings (SSSR count). The maximum atomic E-state index is 12.2. The SMILES string of the molecule is Cc1ccccc1CNc1cnc(C(=O)Nc2ccccc2Cl)cn1. The van der Waals surface area contributed by atoms with Crippen LogP contribution in [0.5, 0.6) is 0 Å². The molecule has 0 aliphatic carbocycles. The Bertz CT molecular complexity index is 881. The zero-order chi connectivity index (χ0) is 17.6. The van der Waals surface area contributed by atoms with Crippen LogP contribution in [0.3, 0.4) is 0 Å². The van der Waals surface area contributed by atoms with Gasteiger partial charge in [-0.25, -0.2) is 9.97 Å². The number of para-hydroxylation sites is 1. The van der Waals surface area contributed by atoms with Crippen molar-refractivity contribution in [2.24, 2.45) is 0 Å². The fourth-order valence-electron chi connectivity index (χ4n) is 2.28. The van der Waals surface area contributed by atoms with Crippen LogP contribution < -0.4 is 10.6 Å². The van der Waals surface area contributed by atoms with Crippen molar-refractivity contribution in [3.05, 3.63) is 82.8 Å². The highest BCUT2D eigenvalue weighted by Crippen LogP contribution is 2.21. The van der Waals surface area contributed by atoms with Gasteiger partial charge in [0.15, 0.2) is 0 Å². The van der Waals surface area contributed by atoms with Gasteiger partial charge >= 0.3 is 0 Å². The molecule has 0 saturated heterocycles. The largest absolute Gasteiger partial charge is 0.365 e. The van der Waals surface area contributed by atoms with Gasteiger partial charge in [-0.3, -0.25) is 4.79 Å². The molecule has 126 valence electrons. The van der Waals surface area contributed by atoms with Gasteiger partial charge in [0, 0.05) is 6.54 Å². The molecule has 0 fully saturated rings. The zero-order valence-electron chi connectivity index (χ0n) is 13.7. The summed E-state index contributed by atoms with van der Waals surface area (Å²) in [4.78, 5) is 20.6. The van der Waals surface area contributed by atoms with Crippen molar-refractivity contribution in [2.45, 2.75) is 13.5 Å². The Kier molecular flexibility index (Phi) is 5.26. The molecule has 2 N–H and O–H groups in total. The van der Waals surface area contributed by atoms with Crippen molar-refractivity contribution >= 4 is 29.0 Å². The average molecular weight is 353 g/mol. The summed E-state index contributed by atoms with van der Waals surface area (Å²) >= 11 is 6.03. The number of amides is 1. The van der Waals surface area contributed by atoms with Crippen molar-refractivity contribution in [3.8, 4) is 0 Å². The molecular formula is C19H17ClN4O. The van der Waals surface area contributed by atoms with Crippen molar-refractivity contribution in [2.75, 3.05) is 10.6 Å². The summed E-state index contributed by atoms with van der Waals surface area (Å²) in [5, 5.41) is 6.39. The van der Waals surface area contributed by atoms with Gasteiger partial charge < -0.3 is 10.6 Å². The summed E-state index contributed by atoms with van der Waals surface area (Å²) < 4.78 is 0. The second-order valence-corrected chi connectivity index (χ2v) is 5.91. The molecule has 1 heterocycles. The molecule has 0 aliphatic heterocycles. The molecule has 0 saturated carbocycles. The van der Waals surface area contributed by atoms with Crippen LogP contribution in [0, 0.1) is 6.92 Å². The maximum absolute atomic E-state index is 12.2. The fourth-order valence-corrected chi connectivity index (χ4v) is 2.46. The molecule has 0 atom stereocenters. The lowest BCUT2D eigenvalue weighted by Crippen LogP contribution is -2.14. The Balaban J connectivity index is 1.63. The van der Waals surface area contributed by atoms with E-state index in [1.807, 2.05) is 12.1 Å². The normalized spacial score (nSPS) is 10.3. The molecule has 0 spiro atoms. The molecule has 0 bridgehead atoms. The third-order valence-electron chi connectivity index (χ3n) is 3.73. The molecule has 1 aromatic heterocycles. The first kappa shape index (κ1) is 16.9. The first-order chi connectivity index (χ1) is 12.1. The number of nitrogens with one attached hydrogen (secondary N) is 2. The summed E-state index contributed by atoms with van der Waals surface area (Å²) in [6.45, 7) is 2.71. The minimum atomic E-state index is -0.356. The molecular weight excluding hydrogens is 336 g/mol. The molecule has 0 unspecified atom stereocenters. The number of rotatable bonds is 5. The molecule has 1 amide bonds. The number of carbonyl (C=O) groups excluding carboxylic acids is 1. The van der Waals surface area contributed by atoms with Crippen LogP contribution >= 0.6 is 11.6 Å². The molecule has 2 aromatic carbocycles. The lowest BCUT2D eigenvalue weighted by atomic mass is 10.1. The van der Waals surface area contributed by atoms with E-state index in [-0.39, 0.29) is 11.6 Å². The summed E-state index contributed by atoms with van der Waals surface area (Å²) in [6, 6.07) is 15.2. The van der Waals surface area contributed by atoms with Crippen molar-refractivity contribution in [1.29, 1.82) is 0 Å². The Morgan fingerprint density at radius 1 is 1.04 bits per heavy atom. The van der Waals surface area contributed by atoms with Crippen LogP contribution in [0.1, 0.15) is 21.6 Å². The molecule has 0 aliphatic rings. The summed E-state index contributed by atoms with van der Waals surface area (Å²) in [6.07, 6.45) is 2.98. The number of aryl methyl sites for hydroxylation is 1. The predicted molar refractivity (Wildman–Crippen MR) is 99.9 cm³/mol. The Morgan fingerprint density at radius 3 is 2.52 bits per heavy atom. The summed E-state index contributed by atoms with van der Waals surface area (Å²) in [5.41, 5.74) is 3.16. The van der Waals surface area contributed by atoms with Gasteiger partial charge in [-0.15, -0.1) is 0 Å². The van der Waals surface area contributed by atoms with Crippen LogP contribution in [0.25, 0.3) is 0 Å². The topological polar surface area (TPSA) is 66.9 Å². The van der Waals surface area contributed by atoms with Crippen LogP contribution in [0.15, 0.2) is 60.9 Å². The highest BCUT2D eigenvalue weighted by molar-refractivity contribution is 6.33. The zero-order valence-corrected chi connectivity index (χ0v) is 14.4. The first-order valence-electron chi connectivity index (χ1n) is 7.80. The average Bonchev–Trinajstić information content (AvgIpc) is 2.63. The van der Waals surface area contributed by atoms with E-state index >= 15 is 0 Å². The van der Waals surface area contributed by atoms with E-state index in [1.54, 1.807) is 30.5 Å². The van der Waals surface area contributed by atoms with Gasteiger partial charge in [-0.05, 0) is 30.2 Å². The quantitative estimate of drug-likeness (QED) is 0.718. The van der Waals surface area contributed by atoms with E-state index in [1.165, 1.54) is 17.3 Å². The highest BCUT2D eigenvalue weighted by Gasteiger charge is 2.10. The van der Waals surface area contributed by atoms with E-state index in [4.69, 9.17) is 11.6 Å². The maximum Gasteiger partial charge on any atom is 0.275 e. The first-order valence-corrected chi connectivity index (χ1v) is 8.17. The number of aromatic nitrogens is 2. The van der Waals surface area contributed by atoms with Gasteiger partial charge in [0.1, 0.15) is 11.5 Å². The van der Waals surface area contributed by atoms with Gasteiger partial charge in [0.25, 0.3) is 5.91 Å². The predicted octanol–water partition coefficient (Wildman–Crippen LogP) is 4.30. The van der Waals surface area contributed by atoms with Crippen LogP contribution in [-0.4, -0.2) is 15.9 Å². The van der Waals surface area contributed by atoms with Crippen LogP contribution in [-0.2, 0) is 6.54 Å². The molecule has 5 nitrogen and oxygen atoms in total. The minimum absolute atomic E-state index is 0.223. The number of halogens is 1. The Hall–Kier alpha value is -2.92. The Morgan fingerprint density at radius 2 is 1.80 bits per heavy atom. The monoisotopic (exact) mass is 352 g/mol. The van der Waals surface area contributed by atoms with Crippen LogP contribution in [0.4, 0.5) is 11.5 Å². The number of hydrogen-bond donors (Lipinski definition) is 2. The second-order valence-electron chi connectivity index (χ2n) is 5.50. The van der Waals surface area contributed by atoms with Gasteiger partial charge in [-0.1, -0.05) is 48.0 Å². The van der Waals surface area contributed by atoms with E-state index in [2.05, 4.69) is 39.7 Å². The van der Waals surface area contributed by atoms with Gasteiger partial charge in [-0.2, -0.15) is 0 Å². The van der Waals surface area contributed by atoms with Gasteiger partial charge in [0.05, 0.1) is 23.1 Å². The number of anilines is 2. The van der Waals surface area contributed by atoms with Crippen LogP contribution in [0.2, 0.25) is 5.02 Å². The summed E-state index contributed by atoms with van der Waals surface area (Å²) in [7, 11) is 0. The molecule has 6 heteroatoms. The minimum Gasteiger partial charge on any atom is -0.365 e. The second kappa shape index (κ2) is 7.77. The Labute approximate surface area is 151 Å². The number of benzene rings is 2. The lowest BCUT2D eigenvalue weighted by molar-refractivity contribution is 0.102. The van der Waals surface area contributed by atoms with E-state index in [0.29, 0.717) is 23.1 Å². The van der Waals surface area contributed by atoms with Crippen molar-refractivity contribution in [1.82, 2.24) is 9.97 Å². The van der Waals surface area contributed by atoms with Crippen molar-refractivity contribution < 1.29 is 4.79 Å². The third kappa shape index (κ3) is 4.33. The van der Waals surface area contributed by atoms with E-state index < -0.39 is 0 Å². The van der Waals surface area contributed by atoms with Crippen molar-refractivity contribution in [3.63, 3.8) is 0 Å². The number of nitrogens with zero attached hydrogens (tertiary/aromatic N) is 2. The molecule has 0 radical (unpaired) electrons. The van der Waals surface area contributed by atoms with Gasteiger partial charge in [0.2, 0.25) is 0 Å². The standard InChI is InChI=1S/C19H17ClN4O/c1-13-6-2-3-7-14(13)10-22-18-12-21-17(11-23-18)19(25)24-16-9-5-4-8-15(16)20/h2-9,11-12H,10H2,1H3,(H,22,23)(H,24,25). The lowest BCUT2D eigenvalue weighted by Gasteiger charge is -2.09. The molecule has 3 aromatic rings. The number of carbonyl (C=O) groups is 1. The fraction of sp³-hybridized carbons (Fsp3) is 0.105. The number of hydrogen-bond acceptors (Lipinski definition) is 4. The third-order valence-corrected chi connectivity index (χ3v) is 4.06. The van der Waals surface area contributed by atoms with E-state index in [0.717, 1.165) is 0 Å². The summed E-state index contributed by atoms with van der Waals surface area (Å²) in [5.74, 6) is 0.253.